The van der Waals surface area contributed by atoms with Gasteiger partial charge in [-0.3, -0.25) is 0 Å². The van der Waals surface area contributed by atoms with Crippen molar-refractivity contribution in [2.24, 2.45) is 0 Å². The van der Waals surface area contributed by atoms with Gasteiger partial charge in [-0.15, -0.1) is 0 Å². The molecule has 0 amide bonds. The SMILES string of the molecule is CCOc1cc(I)c(F)cc1I. The lowest BCUT2D eigenvalue weighted by Gasteiger charge is -2.06. The highest BCUT2D eigenvalue weighted by molar-refractivity contribution is 14.1. The third-order valence-corrected chi connectivity index (χ3v) is 2.94. The average Bonchev–Trinajstić information content (AvgIpc) is 2.01. The van der Waals surface area contributed by atoms with Gasteiger partial charge in [0.15, 0.2) is 0 Å². The van der Waals surface area contributed by atoms with E-state index in [2.05, 4.69) is 22.6 Å². The quantitative estimate of drug-likeness (QED) is 0.554. The van der Waals surface area contributed by atoms with Crippen LogP contribution in [0.25, 0.3) is 0 Å². The Balaban J connectivity index is 3.05. The van der Waals surface area contributed by atoms with E-state index in [4.69, 9.17) is 4.74 Å². The molecule has 1 aromatic carbocycles. The first-order chi connectivity index (χ1) is 5.65. The van der Waals surface area contributed by atoms with E-state index in [0.717, 1.165) is 9.32 Å². The van der Waals surface area contributed by atoms with Crippen molar-refractivity contribution in [3.05, 3.63) is 25.1 Å². The highest BCUT2D eigenvalue weighted by atomic mass is 127. The molecule has 4 heteroatoms. The molecule has 66 valence electrons. The summed E-state index contributed by atoms with van der Waals surface area (Å²) in [5.74, 6) is 0.562. The van der Waals surface area contributed by atoms with Crippen molar-refractivity contribution in [3.63, 3.8) is 0 Å². The van der Waals surface area contributed by atoms with Gasteiger partial charge in [0.05, 0.1) is 13.7 Å². The summed E-state index contributed by atoms with van der Waals surface area (Å²) in [4.78, 5) is 0. The van der Waals surface area contributed by atoms with E-state index in [1.165, 1.54) is 6.07 Å². The number of halogens is 3. The first-order valence-corrected chi connectivity index (χ1v) is 5.58. The predicted octanol–water partition coefficient (Wildman–Crippen LogP) is 3.43. The summed E-state index contributed by atoms with van der Waals surface area (Å²) in [6.45, 7) is 2.52. The number of hydrogen-bond donors (Lipinski definition) is 0. The van der Waals surface area contributed by atoms with Crippen molar-refractivity contribution >= 4 is 45.2 Å². The summed E-state index contributed by atoms with van der Waals surface area (Å²) >= 11 is 4.01. The molecule has 0 atom stereocenters. The van der Waals surface area contributed by atoms with Crippen LogP contribution in [0.5, 0.6) is 5.75 Å². The van der Waals surface area contributed by atoms with Crippen molar-refractivity contribution in [2.45, 2.75) is 6.92 Å². The maximum atomic E-state index is 12.9. The predicted molar refractivity (Wildman–Crippen MR) is 63.0 cm³/mol. The lowest BCUT2D eigenvalue weighted by molar-refractivity contribution is 0.337. The molecular weight excluding hydrogens is 385 g/mol. The van der Waals surface area contributed by atoms with Crippen LogP contribution >= 0.6 is 45.2 Å². The topological polar surface area (TPSA) is 9.23 Å². The van der Waals surface area contributed by atoms with E-state index in [0.29, 0.717) is 10.2 Å². The van der Waals surface area contributed by atoms with Crippen molar-refractivity contribution in [2.75, 3.05) is 6.61 Å². The molecule has 0 aliphatic carbocycles. The Morgan fingerprint density at radius 2 is 2.00 bits per heavy atom. The standard InChI is InChI=1S/C8H7FI2O/c1-2-12-8-4-6(10)5(9)3-7(8)11/h3-4H,2H2,1H3. The van der Waals surface area contributed by atoms with Crippen molar-refractivity contribution in [1.29, 1.82) is 0 Å². The van der Waals surface area contributed by atoms with Crippen LogP contribution in [-0.2, 0) is 0 Å². The Kier molecular flexibility index (Phi) is 4.01. The Labute approximate surface area is 98.0 Å². The van der Waals surface area contributed by atoms with Gasteiger partial charge in [-0.05, 0) is 64.2 Å². The van der Waals surface area contributed by atoms with Crippen LogP contribution in [0.3, 0.4) is 0 Å². The summed E-state index contributed by atoms with van der Waals surface area (Å²) in [6.07, 6.45) is 0. The summed E-state index contributed by atoms with van der Waals surface area (Å²) in [7, 11) is 0. The highest BCUT2D eigenvalue weighted by Crippen LogP contribution is 2.25. The molecule has 1 aromatic rings. The molecule has 0 heterocycles. The smallest absolute Gasteiger partial charge is 0.137 e. The van der Waals surface area contributed by atoms with Crippen LogP contribution in [0.4, 0.5) is 4.39 Å². The van der Waals surface area contributed by atoms with E-state index in [-0.39, 0.29) is 5.82 Å². The van der Waals surface area contributed by atoms with Crippen LogP contribution in [0.2, 0.25) is 0 Å². The first-order valence-electron chi connectivity index (χ1n) is 3.42. The zero-order valence-corrected chi connectivity index (χ0v) is 10.7. The minimum atomic E-state index is -0.191. The van der Waals surface area contributed by atoms with Gasteiger partial charge in [0.2, 0.25) is 0 Å². The molecule has 1 nitrogen and oxygen atoms in total. The van der Waals surface area contributed by atoms with E-state index in [9.17, 15) is 4.39 Å². The van der Waals surface area contributed by atoms with Crippen molar-refractivity contribution in [1.82, 2.24) is 0 Å². The Morgan fingerprint density at radius 3 is 2.58 bits per heavy atom. The second kappa shape index (κ2) is 4.59. The third-order valence-electron chi connectivity index (χ3n) is 1.27. The molecule has 0 fully saturated rings. The van der Waals surface area contributed by atoms with Gasteiger partial charge in [-0.2, -0.15) is 0 Å². The molecule has 0 aliphatic heterocycles. The molecule has 0 aromatic heterocycles. The zero-order chi connectivity index (χ0) is 9.14. The third kappa shape index (κ3) is 2.45. The summed E-state index contributed by atoms with van der Waals surface area (Å²) in [5.41, 5.74) is 0. The van der Waals surface area contributed by atoms with Gasteiger partial charge in [0.25, 0.3) is 0 Å². The molecule has 0 saturated heterocycles. The second-order valence-corrected chi connectivity index (χ2v) is 4.45. The molecule has 0 radical (unpaired) electrons. The van der Waals surface area contributed by atoms with E-state index >= 15 is 0 Å². The molecule has 0 unspecified atom stereocenters. The van der Waals surface area contributed by atoms with Crippen LogP contribution in [0.15, 0.2) is 12.1 Å². The maximum absolute atomic E-state index is 12.9. The Morgan fingerprint density at radius 1 is 1.33 bits per heavy atom. The molecule has 12 heavy (non-hydrogen) atoms. The lowest BCUT2D eigenvalue weighted by atomic mass is 10.3. The maximum Gasteiger partial charge on any atom is 0.137 e. The number of benzene rings is 1. The molecule has 0 aliphatic rings. The van der Waals surface area contributed by atoms with Crippen LogP contribution in [0, 0.1) is 13.0 Å². The minimum Gasteiger partial charge on any atom is -0.493 e. The largest absolute Gasteiger partial charge is 0.493 e. The molecular formula is C8H7FI2O. The van der Waals surface area contributed by atoms with Gasteiger partial charge in [0.1, 0.15) is 11.6 Å². The van der Waals surface area contributed by atoms with Crippen molar-refractivity contribution < 1.29 is 9.13 Å². The van der Waals surface area contributed by atoms with E-state index in [1.807, 2.05) is 29.5 Å². The van der Waals surface area contributed by atoms with Gasteiger partial charge in [-0.25, -0.2) is 4.39 Å². The fraction of sp³-hybridized carbons (Fsp3) is 0.250. The zero-order valence-electron chi connectivity index (χ0n) is 6.40. The molecule has 1 rings (SSSR count). The number of rotatable bonds is 2. The normalized spacial score (nSPS) is 10.0. The number of hydrogen-bond acceptors (Lipinski definition) is 1. The van der Waals surface area contributed by atoms with Gasteiger partial charge < -0.3 is 4.74 Å². The summed E-state index contributed by atoms with van der Waals surface area (Å²) in [6, 6.07) is 3.19. The van der Waals surface area contributed by atoms with E-state index < -0.39 is 0 Å². The summed E-state index contributed by atoms with van der Waals surface area (Å²) in [5, 5.41) is 0. The first kappa shape index (κ1) is 10.5. The summed E-state index contributed by atoms with van der Waals surface area (Å²) < 4.78 is 19.6. The van der Waals surface area contributed by atoms with Crippen molar-refractivity contribution in [3.8, 4) is 5.75 Å². The monoisotopic (exact) mass is 392 g/mol. The lowest BCUT2D eigenvalue weighted by Crippen LogP contribution is -1.95. The second-order valence-electron chi connectivity index (χ2n) is 2.13. The van der Waals surface area contributed by atoms with E-state index in [1.54, 1.807) is 6.07 Å². The molecule has 0 saturated carbocycles. The van der Waals surface area contributed by atoms with Crippen LogP contribution in [-0.4, -0.2) is 6.61 Å². The molecule has 0 N–H and O–H groups in total. The van der Waals surface area contributed by atoms with Gasteiger partial charge in [-0.1, -0.05) is 0 Å². The number of ether oxygens (including phenoxy) is 1. The van der Waals surface area contributed by atoms with Gasteiger partial charge in [0, 0.05) is 0 Å². The van der Waals surface area contributed by atoms with Gasteiger partial charge >= 0.3 is 0 Å². The average molecular weight is 392 g/mol. The minimum absolute atomic E-state index is 0.191. The molecule has 0 bridgehead atoms. The van der Waals surface area contributed by atoms with Crippen LogP contribution < -0.4 is 4.74 Å². The fourth-order valence-corrected chi connectivity index (χ4v) is 1.79. The molecule has 0 spiro atoms. The fourth-order valence-electron chi connectivity index (χ4n) is 0.770. The Hall–Kier alpha value is 0.410. The highest BCUT2D eigenvalue weighted by Gasteiger charge is 2.05. The van der Waals surface area contributed by atoms with Crippen LogP contribution in [0.1, 0.15) is 6.92 Å². The Bertz CT molecular complexity index is 289.